The van der Waals surface area contributed by atoms with Crippen LogP contribution in [0.4, 0.5) is 5.69 Å². The average molecular weight is 472 g/mol. The summed E-state index contributed by atoms with van der Waals surface area (Å²) >= 11 is 0. The van der Waals surface area contributed by atoms with Crippen molar-refractivity contribution in [2.75, 3.05) is 5.32 Å². The summed E-state index contributed by atoms with van der Waals surface area (Å²) in [4.78, 5) is 29.8. The van der Waals surface area contributed by atoms with Gasteiger partial charge in [0.05, 0.1) is 29.5 Å². The number of carbonyl (C=O) groups excluding carboxylic acids is 2. The van der Waals surface area contributed by atoms with Gasteiger partial charge in [0.2, 0.25) is 17.7 Å². The van der Waals surface area contributed by atoms with E-state index in [1.165, 1.54) is 12.8 Å². The first kappa shape index (κ1) is 22.8. The molecule has 1 saturated carbocycles. The normalized spacial score (nSPS) is 13.9. The molecule has 0 bridgehead atoms. The fourth-order valence-corrected chi connectivity index (χ4v) is 4.69. The standard InChI is InChI=1S/C27H29N5O3/c1-18-23(16-28-26(34)17-32-24-13-7-4-10-20(24)15-29-32)31-27(35-18)21-11-5-6-12-22(21)30-25(33)14-19-8-2-3-9-19/h4-7,10-13,15,19H,2-3,8-9,14,16-17H2,1H3,(H,28,34)(H,30,33). The number of nitrogens with one attached hydrogen (secondary N) is 2. The van der Waals surface area contributed by atoms with E-state index in [1.807, 2.05) is 55.5 Å². The van der Waals surface area contributed by atoms with Crippen molar-refractivity contribution in [1.29, 1.82) is 0 Å². The maximum Gasteiger partial charge on any atom is 0.242 e. The minimum atomic E-state index is -0.164. The molecular formula is C27H29N5O3. The van der Waals surface area contributed by atoms with Gasteiger partial charge in [-0.2, -0.15) is 5.10 Å². The van der Waals surface area contributed by atoms with Gasteiger partial charge in [-0.3, -0.25) is 14.3 Å². The van der Waals surface area contributed by atoms with E-state index < -0.39 is 0 Å². The summed E-state index contributed by atoms with van der Waals surface area (Å²) in [5.74, 6) is 1.37. The van der Waals surface area contributed by atoms with Crippen molar-refractivity contribution in [3.63, 3.8) is 0 Å². The summed E-state index contributed by atoms with van der Waals surface area (Å²) in [7, 11) is 0. The van der Waals surface area contributed by atoms with Crippen molar-refractivity contribution in [2.45, 2.75) is 52.1 Å². The van der Waals surface area contributed by atoms with Crippen molar-refractivity contribution in [2.24, 2.45) is 5.92 Å². The zero-order valence-electron chi connectivity index (χ0n) is 19.8. The van der Waals surface area contributed by atoms with E-state index in [2.05, 4.69) is 20.7 Å². The molecule has 0 aliphatic heterocycles. The van der Waals surface area contributed by atoms with E-state index in [4.69, 9.17) is 4.42 Å². The first-order valence-corrected chi connectivity index (χ1v) is 12.1. The number of aryl methyl sites for hydroxylation is 1. The van der Waals surface area contributed by atoms with Gasteiger partial charge in [-0.1, -0.05) is 43.2 Å². The molecule has 1 fully saturated rings. The Morgan fingerprint density at radius 2 is 1.83 bits per heavy atom. The predicted octanol–water partition coefficient (Wildman–Crippen LogP) is 4.83. The predicted molar refractivity (Wildman–Crippen MR) is 133 cm³/mol. The number of amides is 2. The molecule has 8 nitrogen and oxygen atoms in total. The number of rotatable bonds is 8. The Hall–Kier alpha value is -3.94. The molecule has 0 radical (unpaired) electrons. The van der Waals surface area contributed by atoms with Crippen LogP contribution in [-0.2, 0) is 22.7 Å². The molecular weight excluding hydrogens is 442 g/mol. The van der Waals surface area contributed by atoms with Crippen molar-refractivity contribution in [1.82, 2.24) is 20.1 Å². The second kappa shape index (κ2) is 10.1. The second-order valence-electron chi connectivity index (χ2n) is 9.11. The summed E-state index contributed by atoms with van der Waals surface area (Å²) in [6.07, 6.45) is 6.96. The Bertz CT molecular complexity index is 1350. The third-order valence-corrected chi connectivity index (χ3v) is 6.57. The van der Waals surface area contributed by atoms with Crippen LogP contribution in [0.1, 0.15) is 43.6 Å². The van der Waals surface area contributed by atoms with Gasteiger partial charge in [0.25, 0.3) is 0 Å². The molecule has 2 amide bonds. The van der Waals surface area contributed by atoms with Crippen molar-refractivity contribution < 1.29 is 14.0 Å². The maximum absolute atomic E-state index is 12.6. The number of para-hydroxylation sites is 2. The van der Waals surface area contributed by atoms with Crippen LogP contribution < -0.4 is 10.6 Å². The third-order valence-electron chi connectivity index (χ3n) is 6.57. The van der Waals surface area contributed by atoms with Crippen molar-refractivity contribution >= 4 is 28.4 Å². The molecule has 35 heavy (non-hydrogen) atoms. The fraction of sp³-hybridized carbons (Fsp3) is 0.333. The van der Waals surface area contributed by atoms with E-state index in [0.29, 0.717) is 35.4 Å². The van der Waals surface area contributed by atoms with Gasteiger partial charge in [0.1, 0.15) is 18.0 Å². The van der Waals surface area contributed by atoms with Crippen LogP contribution in [-0.4, -0.2) is 26.6 Å². The number of benzene rings is 2. The Morgan fingerprint density at radius 1 is 1.06 bits per heavy atom. The lowest BCUT2D eigenvalue weighted by Gasteiger charge is -2.11. The number of anilines is 1. The van der Waals surface area contributed by atoms with Gasteiger partial charge >= 0.3 is 0 Å². The lowest BCUT2D eigenvalue weighted by Crippen LogP contribution is -2.27. The molecule has 2 heterocycles. The van der Waals surface area contributed by atoms with E-state index >= 15 is 0 Å². The lowest BCUT2D eigenvalue weighted by molar-refractivity contribution is -0.122. The largest absolute Gasteiger partial charge is 0.441 e. The number of hydrogen-bond donors (Lipinski definition) is 2. The fourth-order valence-electron chi connectivity index (χ4n) is 4.69. The number of hydrogen-bond acceptors (Lipinski definition) is 5. The van der Waals surface area contributed by atoms with Crippen LogP contribution in [0.3, 0.4) is 0 Å². The number of nitrogens with zero attached hydrogens (tertiary/aromatic N) is 3. The van der Waals surface area contributed by atoms with Gasteiger partial charge in [0, 0.05) is 11.8 Å². The van der Waals surface area contributed by atoms with Gasteiger partial charge in [-0.25, -0.2) is 4.98 Å². The highest BCUT2D eigenvalue weighted by Gasteiger charge is 2.20. The van der Waals surface area contributed by atoms with Crippen LogP contribution >= 0.6 is 0 Å². The number of aromatic nitrogens is 3. The second-order valence-corrected chi connectivity index (χ2v) is 9.11. The lowest BCUT2D eigenvalue weighted by atomic mass is 10.0. The molecule has 1 aliphatic carbocycles. The van der Waals surface area contributed by atoms with Gasteiger partial charge in [-0.05, 0) is 43.9 Å². The first-order chi connectivity index (χ1) is 17.1. The van der Waals surface area contributed by atoms with Gasteiger partial charge < -0.3 is 15.1 Å². The van der Waals surface area contributed by atoms with E-state index in [-0.39, 0.29) is 24.9 Å². The zero-order valence-corrected chi connectivity index (χ0v) is 19.8. The summed E-state index contributed by atoms with van der Waals surface area (Å²) in [5, 5.41) is 11.2. The first-order valence-electron chi connectivity index (χ1n) is 12.1. The molecule has 0 unspecified atom stereocenters. The monoisotopic (exact) mass is 471 g/mol. The average Bonchev–Trinajstić information content (AvgIpc) is 3.59. The quantitative estimate of drug-likeness (QED) is 0.383. The molecule has 8 heteroatoms. The van der Waals surface area contributed by atoms with Crippen molar-refractivity contribution in [3.8, 4) is 11.5 Å². The van der Waals surface area contributed by atoms with E-state index in [0.717, 1.165) is 29.3 Å². The summed E-state index contributed by atoms with van der Waals surface area (Å²) in [6.45, 7) is 2.18. The third kappa shape index (κ3) is 5.26. The van der Waals surface area contributed by atoms with Gasteiger partial charge in [0.15, 0.2) is 0 Å². The Balaban J connectivity index is 1.24. The minimum absolute atomic E-state index is 0.0197. The van der Waals surface area contributed by atoms with E-state index in [1.54, 1.807) is 10.9 Å². The maximum atomic E-state index is 12.6. The molecule has 0 spiro atoms. The molecule has 0 atom stereocenters. The molecule has 1 aliphatic rings. The highest BCUT2D eigenvalue weighted by Crippen LogP contribution is 2.31. The molecule has 4 aromatic rings. The van der Waals surface area contributed by atoms with E-state index in [9.17, 15) is 9.59 Å². The molecule has 0 saturated heterocycles. The number of oxazole rings is 1. The SMILES string of the molecule is Cc1oc(-c2ccccc2NC(=O)CC2CCCC2)nc1CNC(=O)Cn1ncc2ccccc21. The molecule has 2 aromatic heterocycles. The summed E-state index contributed by atoms with van der Waals surface area (Å²) in [5.41, 5.74) is 2.95. The summed E-state index contributed by atoms with van der Waals surface area (Å²) < 4.78 is 7.60. The Labute approximate surface area is 203 Å². The van der Waals surface area contributed by atoms with Crippen LogP contribution in [0, 0.1) is 12.8 Å². The Morgan fingerprint density at radius 3 is 2.69 bits per heavy atom. The van der Waals surface area contributed by atoms with Gasteiger partial charge in [-0.15, -0.1) is 0 Å². The Kier molecular flexibility index (Phi) is 6.61. The smallest absolute Gasteiger partial charge is 0.242 e. The molecule has 2 N–H and O–H groups in total. The highest BCUT2D eigenvalue weighted by molar-refractivity contribution is 5.94. The zero-order chi connectivity index (χ0) is 24.2. The number of fused-ring (bicyclic) bond motifs is 1. The molecule has 5 rings (SSSR count). The van der Waals surface area contributed by atoms with Crippen molar-refractivity contribution in [3.05, 3.63) is 66.2 Å². The highest BCUT2D eigenvalue weighted by atomic mass is 16.4. The number of carbonyl (C=O) groups is 2. The summed E-state index contributed by atoms with van der Waals surface area (Å²) in [6, 6.07) is 15.3. The topological polar surface area (TPSA) is 102 Å². The van der Waals surface area contributed by atoms with Crippen LogP contribution in [0.5, 0.6) is 0 Å². The molecule has 2 aromatic carbocycles. The molecule has 180 valence electrons. The van der Waals surface area contributed by atoms with Crippen LogP contribution in [0.15, 0.2) is 59.1 Å². The van der Waals surface area contributed by atoms with Crippen LogP contribution in [0.25, 0.3) is 22.4 Å². The van der Waals surface area contributed by atoms with Crippen LogP contribution in [0.2, 0.25) is 0 Å². The minimum Gasteiger partial charge on any atom is -0.441 e.